The van der Waals surface area contributed by atoms with Gasteiger partial charge in [0.1, 0.15) is 5.82 Å². The van der Waals surface area contributed by atoms with E-state index in [1.165, 1.54) is 12.1 Å². The summed E-state index contributed by atoms with van der Waals surface area (Å²) in [6.07, 6.45) is 1.45. The lowest BCUT2D eigenvalue weighted by Gasteiger charge is -2.18. The van der Waals surface area contributed by atoms with E-state index in [0.29, 0.717) is 13.0 Å². The van der Waals surface area contributed by atoms with Crippen LogP contribution in [-0.4, -0.2) is 33.8 Å². The standard InChI is InChI=1S/C19H23FN2O2S/c20-18-6-8-19(9-7-18)22-12-10-17(15-22)14-21-25(23,24)13-11-16-4-2-1-3-5-16/h1-9,17,21H,10-15H2. The monoisotopic (exact) mass is 362 g/mol. The van der Waals surface area contributed by atoms with Crippen molar-refractivity contribution in [1.29, 1.82) is 0 Å². The van der Waals surface area contributed by atoms with Gasteiger partial charge in [-0.15, -0.1) is 0 Å². The summed E-state index contributed by atoms with van der Waals surface area (Å²) in [5, 5.41) is 0. The molecule has 1 heterocycles. The molecule has 6 heteroatoms. The zero-order valence-electron chi connectivity index (χ0n) is 14.1. The van der Waals surface area contributed by atoms with E-state index in [0.717, 1.165) is 30.8 Å². The Morgan fingerprint density at radius 2 is 1.80 bits per heavy atom. The van der Waals surface area contributed by atoms with Gasteiger partial charge in [0.05, 0.1) is 5.75 Å². The lowest BCUT2D eigenvalue weighted by atomic mass is 10.1. The Kier molecular flexibility index (Phi) is 5.71. The van der Waals surface area contributed by atoms with Gasteiger partial charge in [0, 0.05) is 25.3 Å². The van der Waals surface area contributed by atoms with Gasteiger partial charge in [-0.1, -0.05) is 30.3 Å². The molecule has 2 aromatic rings. The van der Waals surface area contributed by atoms with Crippen molar-refractivity contribution in [3.8, 4) is 0 Å². The minimum atomic E-state index is -3.27. The zero-order valence-corrected chi connectivity index (χ0v) is 14.9. The van der Waals surface area contributed by atoms with Gasteiger partial charge in [0.15, 0.2) is 0 Å². The smallest absolute Gasteiger partial charge is 0.211 e. The summed E-state index contributed by atoms with van der Waals surface area (Å²) in [6, 6.07) is 16.1. The molecule has 1 N–H and O–H groups in total. The van der Waals surface area contributed by atoms with Crippen molar-refractivity contribution < 1.29 is 12.8 Å². The molecule has 1 saturated heterocycles. The second kappa shape index (κ2) is 7.97. The van der Waals surface area contributed by atoms with Gasteiger partial charge in [-0.3, -0.25) is 0 Å². The van der Waals surface area contributed by atoms with Crippen LogP contribution in [0, 0.1) is 11.7 Å². The highest BCUT2D eigenvalue weighted by atomic mass is 32.2. The van der Waals surface area contributed by atoms with Crippen molar-refractivity contribution >= 4 is 15.7 Å². The van der Waals surface area contributed by atoms with E-state index in [9.17, 15) is 12.8 Å². The van der Waals surface area contributed by atoms with Gasteiger partial charge in [0.25, 0.3) is 0 Å². The lowest BCUT2D eigenvalue weighted by Crippen LogP contribution is -2.33. The van der Waals surface area contributed by atoms with Crippen molar-refractivity contribution in [1.82, 2.24) is 4.72 Å². The summed E-state index contributed by atoms with van der Waals surface area (Å²) >= 11 is 0. The summed E-state index contributed by atoms with van der Waals surface area (Å²) < 4.78 is 40.1. The Morgan fingerprint density at radius 1 is 1.08 bits per heavy atom. The highest BCUT2D eigenvalue weighted by molar-refractivity contribution is 7.89. The molecule has 3 rings (SSSR count). The second-order valence-electron chi connectivity index (χ2n) is 6.48. The first-order chi connectivity index (χ1) is 12.0. The third kappa shape index (κ3) is 5.28. The quantitative estimate of drug-likeness (QED) is 0.824. The molecule has 0 saturated carbocycles. The molecule has 0 aliphatic carbocycles. The van der Waals surface area contributed by atoms with E-state index >= 15 is 0 Å². The fraction of sp³-hybridized carbons (Fsp3) is 0.368. The molecule has 0 radical (unpaired) electrons. The van der Waals surface area contributed by atoms with Crippen molar-refractivity contribution in [3.05, 3.63) is 66.0 Å². The molecule has 1 unspecified atom stereocenters. The third-order valence-electron chi connectivity index (χ3n) is 4.57. The third-order valence-corrected chi connectivity index (χ3v) is 5.92. The maximum atomic E-state index is 13.0. The molecule has 4 nitrogen and oxygen atoms in total. The molecule has 134 valence electrons. The fourth-order valence-electron chi connectivity index (χ4n) is 3.10. The van der Waals surface area contributed by atoms with Crippen molar-refractivity contribution in [2.45, 2.75) is 12.8 Å². The number of anilines is 1. The van der Waals surface area contributed by atoms with Crippen LogP contribution in [-0.2, 0) is 16.4 Å². The number of hydrogen-bond acceptors (Lipinski definition) is 3. The molecule has 0 amide bonds. The van der Waals surface area contributed by atoms with Crippen LogP contribution >= 0.6 is 0 Å². The van der Waals surface area contributed by atoms with Crippen LogP contribution in [0.1, 0.15) is 12.0 Å². The number of nitrogens with zero attached hydrogens (tertiary/aromatic N) is 1. The number of halogens is 1. The van der Waals surface area contributed by atoms with Gasteiger partial charge in [-0.05, 0) is 48.6 Å². The van der Waals surface area contributed by atoms with Crippen LogP contribution in [0.25, 0.3) is 0 Å². The van der Waals surface area contributed by atoms with Gasteiger partial charge < -0.3 is 4.90 Å². The Labute approximate surface area is 148 Å². The Hall–Kier alpha value is -1.92. The Balaban J connectivity index is 1.46. The molecule has 25 heavy (non-hydrogen) atoms. The van der Waals surface area contributed by atoms with Crippen LogP contribution in [0.4, 0.5) is 10.1 Å². The minimum absolute atomic E-state index is 0.103. The van der Waals surface area contributed by atoms with E-state index in [1.807, 2.05) is 30.3 Å². The molecule has 2 aromatic carbocycles. The predicted molar refractivity (Wildman–Crippen MR) is 98.7 cm³/mol. The van der Waals surface area contributed by atoms with Crippen LogP contribution in [0.3, 0.4) is 0 Å². The van der Waals surface area contributed by atoms with Crippen molar-refractivity contribution in [2.75, 3.05) is 30.3 Å². The molecular weight excluding hydrogens is 339 g/mol. The summed E-state index contributed by atoms with van der Waals surface area (Å²) in [5.74, 6) is 0.132. The largest absolute Gasteiger partial charge is 0.371 e. The molecule has 0 aromatic heterocycles. The van der Waals surface area contributed by atoms with E-state index in [-0.39, 0.29) is 17.5 Å². The van der Waals surface area contributed by atoms with Gasteiger partial charge in [-0.2, -0.15) is 0 Å². The summed E-state index contributed by atoms with van der Waals surface area (Å²) in [5.41, 5.74) is 2.01. The van der Waals surface area contributed by atoms with Crippen LogP contribution < -0.4 is 9.62 Å². The van der Waals surface area contributed by atoms with Gasteiger partial charge in [0.2, 0.25) is 10.0 Å². The highest BCUT2D eigenvalue weighted by Crippen LogP contribution is 2.23. The SMILES string of the molecule is O=S(=O)(CCc1ccccc1)NCC1CCN(c2ccc(F)cc2)C1. The molecule has 1 atom stereocenters. The van der Waals surface area contributed by atoms with Gasteiger partial charge >= 0.3 is 0 Å². The zero-order chi connectivity index (χ0) is 17.7. The van der Waals surface area contributed by atoms with E-state index in [1.54, 1.807) is 12.1 Å². The molecule has 0 bridgehead atoms. The van der Waals surface area contributed by atoms with E-state index in [4.69, 9.17) is 0 Å². The molecular formula is C19H23FN2O2S. The summed E-state index contributed by atoms with van der Waals surface area (Å²) in [4.78, 5) is 2.17. The van der Waals surface area contributed by atoms with Gasteiger partial charge in [-0.25, -0.2) is 17.5 Å². The first kappa shape index (κ1) is 17.9. The number of hydrogen-bond donors (Lipinski definition) is 1. The second-order valence-corrected chi connectivity index (χ2v) is 8.41. The Morgan fingerprint density at radius 3 is 2.52 bits per heavy atom. The normalized spacial score (nSPS) is 17.8. The van der Waals surface area contributed by atoms with Crippen LogP contribution in [0.5, 0.6) is 0 Å². The number of sulfonamides is 1. The van der Waals surface area contributed by atoms with E-state index in [2.05, 4.69) is 9.62 Å². The highest BCUT2D eigenvalue weighted by Gasteiger charge is 2.24. The van der Waals surface area contributed by atoms with Crippen molar-refractivity contribution in [2.24, 2.45) is 5.92 Å². The van der Waals surface area contributed by atoms with E-state index < -0.39 is 10.0 Å². The number of rotatable bonds is 7. The molecule has 1 aliphatic heterocycles. The first-order valence-electron chi connectivity index (χ1n) is 8.54. The Bertz CT molecular complexity index is 779. The number of nitrogens with one attached hydrogen (secondary N) is 1. The predicted octanol–water partition coefficient (Wildman–Crippen LogP) is 2.81. The summed E-state index contributed by atoms with van der Waals surface area (Å²) in [6.45, 7) is 2.10. The maximum absolute atomic E-state index is 13.0. The van der Waals surface area contributed by atoms with Crippen LogP contribution in [0.2, 0.25) is 0 Å². The lowest BCUT2D eigenvalue weighted by molar-refractivity contribution is 0.541. The number of aryl methyl sites for hydroxylation is 1. The summed E-state index contributed by atoms with van der Waals surface area (Å²) in [7, 11) is -3.27. The minimum Gasteiger partial charge on any atom is -0.371 e. The average Bonchev–Trinajstić information content (AvgIpc) is 3.09. The number of benzene rings is 2. The topological polar surface area (TPSA) is 49.4 Å². The molecule has 1 fully saturated rings. The fourth-order valence-corrected chi connectivity index (χ4v) is 4.24. The van der Waals surface area contributed by atoms with Crippen LogP contribution in [0.15, 0.2) is 54.6 Å². The molecule has 0 spiro atoms. The maximum Gasteiger partial charge on any atom is 0.211 e. The average molecular weight is 362 g/mol. The van der Waals surface area contributed by atoms with Crippen molar-refractivity contribution in [3.63, 3.8) is 0 Å². The first-order valence-corrected chi connectivity index (χ1v) is 10.2. The molecule has 1 aliphatic rings.